The van der Waals surface area contributed by atoms with Crippen molar-refractivity contribution in [3.05, 3.63) is 24.3 Å². The second kappa shape index (κ2) is 5.14. The molecule has 0 spiro atoms. The first-order chi connectivity index (χ1) is 8.78. The summed E-state index contributed by atoms with van der Waals surface area (Å²) in [6.07, 6.45) is 6.25. The quantitative estimate of drug-likeness (QED) is 0.837. The van der Waals surface area contributed by atoms with Crippen LogP contribution >= 0.6 is 11.8 Å². The Hall–Kier alpha value is -0.670. The van der Waals surface area contributed by atoms with Crippen LogP contribution in [0, 0.1) is 0 Å². The molecule has 1 aromatic rings. The molecule has 1 saturated carbocycles. The molecule has 0 bridgehead atoms. The molecule has 1 aliphatic carbocycles. The molecule has 1 saturated heterocycles. The van der Waals surface area contributed by atoms with Gasteiger partial charge in [-0.2, -0.15) is 0 Å². The van der Waals surface area contributed by atoms with E-state index in [9.17, 15) is 0 Å². The Balaban J connectivity index is 1.66. The average Bonchev–Trinajstić information content (AvgIpc) is 3.15. The first-order valence-electron chi connectivity index (χ1n) is 6.93. The standard InChI is InChI=1S/C15H22N2S/c1-11-9-12(10-17(11)13-7-8-13)16-14-5-3-4-6-15(14)18-2/h3-6,11-13,16H,7-10H2,1-2H3. The van der Waals surface area contributed by atoms with Gasteiger partial charge in [0.2, 0.25) is 0 Å². The zero-order chi connectivity index (χ0) is 12.5. The molecule has 3 rings (SSSR count). The maximum Gasteiger partial charge on any atom is 0.0480 e. The van der Waals surface area contributed by atoms with Crippen LogP contribution in [0.5, 0.6) is 0 Å². The highest BCUT2D eigenvalue weighted by Gasteiger charge is 2.38. The lowest BCUT2D eigenvalue weighted by Crippen LogP contribution is -2.31. The van der Waals surface area contributed by atoms with Crippen LogP contribution in [0.1, 0.15) is 26.2 Å². The van der Waals surface area contributed by atoms with Gasteiger partial charge < -0.3 is 5.32 Å². The van der Waals surface area contributed by atoms with Crippen molar-refractivity contribution < 1.29 is 0 Å². The summed E-state index contributed by atoms with van der Waals surface area (Å²) < 4.78 is 0. The number of nitrogens with one attached hydrogen (secondary N) is 1. The maximum absolute atomic E-state index is 3.74. The zero-order valence-electron chi connectivity index (χ0n) is 11.2. The second-order valence-corrected chi connectivity index (χ2v) is 6.40. The largest absolute Gasteiger partial charge is 0.380 e. The van der Waals surface area contributed by atoms with E-state index in [4.69, 9.17) is 0 Å². The molecular formula is C15H22N2S. The van der Waals surface area contributed by atoms with Gasteiger partial charge in [0, 0.05) is 35.3 Å². The molecule has 18 heavy (non-hydrogen) atoms. The average molecular weight is 262 g/mol. The fraction of sp³-hybridized carbons (Fsp3) is 0.600. The highest BCUT2D eigenvalue weighted by atomic mass is 32.2. The van der Waals surface area contributed by atoms with Gasteiger partial charge in [-0.3, -0.25) is 4.90 Å². The number of benzene rings is 1. The highest BCUT2D eigenvalue weighted by Crippen LogP contribution is 2.35. The van der Waals surface area contributed by atoms with Crippen molar-refractivity contribution in [2.75, 3.05) is 18.1 Å². The lowest BCUT2D eigenvalue weighted by atomic mass is 10.2. The van der Waals surface area contributed by atoms with E-state index in [1.807, 2.05) is 11.8 Å². The van der Waals surface area contributed by atoms with E-state index in [-0.39, 0.29) is 0 Å². The van der Waals surface area contributed by atoms with Gasteiger partial charge in [0.15, 0.2) is 0 Å². The minimum Gasteiger partial charge on any atom is -0.380 e. The van der Waals surface area contributed by atoms with E-state index in [0.29, 0.717) is 6.04 Å². The number of nitrogens with zero attached hydrogens (tertiary/aromatic N) is 1. The first kappa shape index (κ1) is 12.4. The Morgan fingerprint density at radius 1 is 1.28 bits per heavy atom. The molecule has 2 unspecified atom stereocenters. The van der Waals surface area contributed by atoms with E-state index in [0.717, 1.165) is 12.1 Å². The molecule has 1 aromatic carbocycles. The van der Waals surface area contributed by atoms with Gasteiger partial charge in [-0.05, 0) is 44.6 Å². The maximum atomic E-state index is 3.74. The van der Waals surface area contributed by atoms with Crippen LogP contribution in [0.4, 0.5) is 5.69 Å². The normalized spacial score (nSPS) is 28.6. The third-order valence-electron chi connectivity index (χ3n) is 4.11. The Labute approximate surface area is 114 Å². The van der Waals surface area contributed by atoms with Gasteiger partial charge in [-0.15, -0.1) is 11.8 Å². The number of hydrogen-bond donors (Lipinski definition) is 1. The number of hydrogen-bond acceptors (Lipinski definition) is 3. The van der Waals surface area contributed by atoms with Crippen molar-refractivity contribution in [3.63, 3.8) is 0 Å². The highest BCUT2D eigenvalue weighted by molar-refractivity contribution is 7.98. The Morgan fingerprint density at radius 2 is 2.06 bits per heavy atom. The Kier molecular flexibility index (Phi) is 3.53. The van der Waals surface area contributed by atoms with E-state index >= 15 is 0 Å². The molecule has 3 heteroatoms. The fourth-order valence-electron chi connectivity index (χ4n) is 3.06. The lowest BCUT2D eigenvalue weighted by Gasteiger charge is -2.20. The van der Waals surface area contributed by atoms with Crippen LogP contribution in [0.25, 0.3) is 0 Å². The van der Waals surface area contributed by atoms with Crippen molar-refractivity contribution in [1.29, 1.82) is 0 Å². The summed E-state index contributed by atoms with van der Waals surface area (Å²) in [5, 5.41) is 3.74. The van der Waals surface area contributed by atoms with Gasteiger partial charge in [0.25, 0.3) is 0 Å². The van der Waals surface area contributed by atoms with Crippen molar-refractivity contribution in [1.82, 2.24) is 4.90 Å². The van der Waals surface area contributed by atoms with Crippen molar-refractivity contribution in [2.24, 2.45) is 0 Å². The van der Waals surface area contributed by atoms with E-state index < -0.39 is 0 Å². The lowest BCUT2D eigenvalue weighted by molar-refractivity contribution is 0.257. The SMILES string of the molecule is CSc1ccccc1NC1CC(C)N(C2CC2)C1. The molecular weight excluding hydrogens is 240 g/mol. The van der Waals surface area contributed by atoms with Crippen LogP contribution in [-0.2, 0) is 0 Å². The Bertz CT molecular complexity index is 417. The Morgan fingerprint density at radius 3 is 2.78 bits per heavy atom. The molecule has 1 N–H and O–H groups in total. The topological polar surface area (TPSA) is 15.3 Å². The van der Waals surface area contributed by atoms with Gasteiger partial charge >= 0.3 is 0 Å². The smallest absolute Gasteiger partial charge is 0.0480 e. The van der Waals surface area contributed by atoms with Crippen molar-refractivity contribution in [3.8, 4) is 0 Å². The third kappa shape index (κ3) is 2.52. The van der Waals surface area contributed by atoms with E-state index in [1.165, 1.54) is 36.4 Å². The third-order valence-corrected chi connectivity index (χ3v) is 4.90. The van der Waals surface area contributed by atoms with Crippen LogP contribution < -0.4 is 5.32 Å². The van der Waals surface area contributed by atoms with Gasteiger partial charge in [0.1, 0.15) is 0 Å². The van der Waals surface area contributed by atoms with Crippen LogP contribution in [0.2, 0.25) is 0 Å². The number of rotatable bonds is 4. The summed E-state index contributed by atoms with van der Waals surface area (Å²) in [7, 11) is 0. The van der Waals surface area contributed by atoms with Crippen LogP contribution in [0.15, 0.2) is 29.2 Å². The molecule has 98 valence electrons. The summed E-state index contributed by atoms with van der Waals surface area (Å²) in [6.45, 7) is 3.59. The van der Waals surface area contributed by atoms with Crippen molar-refractivity contribution >= 4 is 17.4 Å². The van der Waals surface area contributed by atoms with E-state index in [2.05, 4.69) is 47.7 Å². The molecule has 1 aliphatic heterocycles. The molecule has 2 atom stereocenters. The summed E-state index contributed by atoms with van der Waals surface area (Å²) in [6, 6.07) is 10.9. The second-order valence-electron chi connectivity index (χ2n) is 5.55. The monoisotopic (exact) mass is 262 g/mol. The number of anilines is 1. The van der Waals surface area contributed by atoms with Crippen LogP contribution in [0.3, 0.4) is 0 Å². The molecule has 0 amide bonds. The predicted molar refractivity (Wildman–Crippen MR) is 79.4 cm³/mol. The van der Waals surface area contributed by atoms with Crippen molar-refractivity contribution in [2.45, 2.75) is 49.2 Å². The van der Waals surface area contributed by atoms with E-state index in [1.54, 1.807) is 0 Å². The summed E-state index contributed by atoms with van der Waals surface area (Å²) in [5.74, 6) is 0. The minimum atomic E-state index is 0.619. The fourth-order valence-corrected chi connectivity index (χ4v) is 3.62. The molecule has 0 radical (unpaired) electrons. The minimum absolute atomic E-state index is 0.619. The number of thioether (sulfide) groups is 1. The summed E-state index contributed by atoms with van der Waals surface area (Å²) in [4.78, 5) is 4.05. The summed E-state index contributed by atoms with van der Waals surface area (Å²) in [5.41, 5.74) is 1.31. The molecule has 0 aromatic heterocycles. The number of likely N-dealkylation sites (tertiary alicyclic amines) is 1. The van der Waals surface area contributed by atoms with Crippen LogP contribution in [-0.4, -0.2) is 35.8 Å². The molecule has 2 fully saturated rings. The molecule has 2 aliphatic rings. The van der Waals surface area contributed by atoms with Gasteiger partial charge in [-0.25, -0.2) is 0 Å². The first-order valence-corrected chi connectivity index (χ1v) is 8.15. The summed E-state index contributed by atoms with van der Waals surface area (Å²) >= 11 is 1.82. The number of para-hydroxylation sites is 1. The molecule has 1 heterocycles. The zero-order valence-corrected chi connectivity index (χ0v) is 12.0. The predicted octanol–water partition coefficient (Wildman–Crippen LogP) is 3.45. The van der Waals surface area contributed by atoms with Gasteiger partial charge in [0.05, 0.1) is 0 Å². The van der Waals surface area contributed by atoms with Gasteiger partial charge in [-0.1, -0.05) is 12.1 Å². The molecule has 2 nitrogen and oxygen atoms in total.